The molecule has 7 nitrogen and oxygen atoms in total. The first-order chi connectivity index (χ1) is 11.0. The van der Waals surface area contributed by atoms with Crippen LogP contribution < -0.4 is 11.1 Å². The Bertz CT molecular complexity index is 562. The number of anilines is 1. The van der Waals surface area contributed by atoms with Crippen LogP contribution in [-0.4, -0.2) is 54.5 Å². The average Bonchev–Trinajstić information content (AvgIpc) is 2.56. The van der Waals surface area contributed by atoms with Crippen LogP contribution in [0.25, 0.3) is 0 Å². The number of rotatable bonds is 5. The van der Waals surface area contributed by atoms with E-state index in [9.17, 15) is 9.59 Å². The van der Waals surface area contributed by atoms with E-state index in [1.165, 1.54) is 7.11 Å². The number of halogens is 3. The molecule has 1 fully saturated rings. The number of piperidine rings is 1. The van der Waals surface area contributed by atoms with Crippen molar-refractivity contribution in [3.05, 3.63) is 22.8 Å². The Morgan fingerprint density at radius 1 is 1.48 bits per heavy atom. The second-order valence-corrected chi connectivity index (χ2v) is 6.45. The number of nitrogens with two attached hydrogens (primary N) is 1. The van der Waals surface area contributed by atoms with Crippen LogP contribution in [0.15, 0.2) is 22.8 Å². The minimum absolute atomic E-state index is 0. The smallest absolute Gasteiger partial charge is 0.241 e. The maximum absolute atomic E-state index is 12.4. The molecule has 0 aromatic carbocycles. The maximum atomic E-state index is 12.4. The quantitative estimate of drug-likeness (QED) is 0.702. The van der Waals surface area contributed by atoms with Gasteiger partial charge in [0.1, 0.15) is 11.9 Å². The molecule has 2 rings (SSSR count). The predicted molar refractivity (Wildman–Crippen MR) is 104 cm³/mol. The molecule has 1 aliphatic heterocycles. The van der Waals surface area contributed by atoms with Crippen LogP contribution in [-0.2, 0) is 14.3 Å². The molecule has 1 aromatic rings. The van der Waals surface area contributed by atoms with Gasteiger partial charge < -0.3 is 20.7 Å². The van der Waals surface area contributed by atoms with E-state index in [0.717, 1.165) is 17.3 Å². The lowest BCUT2D eigenvalue weighted by atomic mass is 9.96. The second-order valence-electron chi connectivity index (χ2n) is 5.54. The molecule has 2 unspecified atom stereocenters. The first-order valence-corrected chi connectivity index (χ1v) is 8.26. The van der Waals surface area contributed by atoms with E-state index in [0.29, 0.717) is 18.9 Å². The highest BCUT2D eigenvalue weighted by molar-refractivity contribution is 9.10. The number of hydrogen-bond acceptors (Lipinski definition) is 5. The van der Waals surface area contributed by atoms with E-state index in [1.54, 1.807) is 17.2 Å². The molecule has 0 aliphatic carbocycles. The van der Waals surface area contributed by atoms with Gasteiger partial charge in [0.05, 0.1) is 12.5 Å². The largest absolute Gasteiger partial charge is 0.383 e. The third-order valence-electron chi connectivity index (χ3n) is 3.75. The third kappa shape index (κ3) is 7.07. The first kappa shape index (κ1) is 24.1. The molecule has 2 heterocycles. The molecule has 2 amide bonds. The van der Waals surface area contributed by atoms with Crippen LogP contribution in [0.5, 0.6) is 0 Å². The lowest BCUT2D eigenvalue weighted by Gasteiger charge is -2.33. The molecule has 1 saturated heterocycles. The number of amides is 2. The molecule has 0 radical (unpaired) electrons. The Morgan fingerprint density at radius 2 is 2.20 bits per heavy atom. The van der Waals surface area contributed by atoms with E-state index in [-0.39, 0.29) is 49.2 Å². The van der Waals surface area contributed by atoms with Crippen LogP contribution in [0.4, 0.5) is 5.82 Å². The van der Waals surface area contributed by atoms with Crippen molar-refractivity contribution in [1.29, 1.82) is 0 Å². The van der Waals surface area contributed by atoms with Gasteiger partial charge in [0, 0.05) is 30.9 Å². The van der Waals surface area contributed by atoms with Gasteiger partial charge in [-0.3, -0.25) is 9.59 Å². The second kappa shape index (κ2) is 11.6. The summed E-state index contributed by atoms with van der Waals surface area (Å²) >= 11 is 3.30. The number of pyridine rings is 1. The number of hydrogen-bond donors (Lipinski definition) is 2. The number of likely N-dealkylation sites (tertiary alicyclic amines) is 1. The molecule has 2 atom stereocenters. The Hall–Kier alpha value is -0.930. The van der Waals surface area contributed by atoms with Crippen molar-refractivity contribution in [2.45, 2.75) is 18.9 Å². The Labute approximate surface area is 168 Å². The SMILES string of the molecule is COCC(N)C(=O)N1CCCC(C(=O)Nc2ccc(Br)cn2)C1.Cl.Cl. The van der Waals surface area contributed by atoms with Crippen molar-refractivity contribution in [3.63, 3.8) is 0 Å². The summed E-state index contributed by atoms with van der Waals surface area (Å²) in [5.41, 5.74) is 5.79. The first-order valence-electron chi connectivity index (χ1n) is 7.47. The van der Waals surface area contributed by atoms with Crippen molar-refractivity contribution < 1.29 is 14.3 Å². The number of aromatic nitrogens is 1. The van der Waals surface area contributed by atoms with Gasteiger partial charge in [-0.25, -0.2) is 4.98 Å². The summed E-state index contributed by atoms with van der Waals surface area (Å²) in [7, 11) is 1.50. The van der Waals surface area contributed by atoms with Gasteiger partial charge in [-0.15, -0.1) is 24.8 Å². The maximum Gasteiger partial charge on any atom is 0.241 e. The summed E-state index contributed by atoms with van der Waals surface area (Å²) in [5, 5.41) is 2.79. The summed E-state index contributed by atoms with van der Waals surface area (Å²) in [6.07, 6.45) is 3.14. The molecule has 10 heteroatoms. The fourth-order valence-electron chi connectivity index (χ4n) is 2.55. The van der Waals surface area contributed by atoms with Crippen molar-refractivity contribution in [2.24, 2.45) is 11.7 Å². The van der Waals surface area contributed by atoms with Crippen molar-refractivity contribution in [3.8, 4) is 0 Å². The molecular weight excluding hydrogens is 435 g/mol. The summed E-state index contributed by atoms with van der Waals surface area (Å²) in [5.74, 6) is -0.0608. The average molecular weight is 458 g/mol. The molecule has 1 aromatic heterocycles. The molecule has 142 valence electrons. The zero-order valence-electron chi connectivity index (χ0n) is 13.8. The predicted octanol–water partition coefficient (Wildman–Crippen LogP) is 1.84. The number of methoxy groups -OCH3 is 1. The minimum Gasteiger partial charge on any atom is -0.383 e. The summed E-state index contributed by atoms with van der Waals surface area (Å²) in [4.78, 5) is 30.4. The molecular formula is C15H23BrCl2N4O3. The highest BCUT2D eigenvalue weighted by Gasteiger charge is 2.30. The number of carbonyl (C=O) groups excluding carboxylic acids is 2. The van der Waals surface area contributed by atoms with Gasteiger partial charge in [-0.05, 0) is 40.9 Å². The van der Waals surface area contributed by atoms with E-state index in [4.69, 9.17) is 10.5 Å². The molecule has 0 saturated carbocycles. The lowest BCUT2D eigenvalue weighted by molar-refractivity contribution is -0.136. The Morgan fingerprint density at radius 3 is 2.80 bits per heavy atom. The van der Waals surface area contributed by atoms with Crippen LogP contribution in [0.1, 0.15) is 12.8 Å². The topological polar surface area (TPSA) is 97.5 Å². The van der Waals surface area contributed by atoms with E-state index >= 15 is 0 Å². The number of carbonyl (C=O) groups is 2. The summed E-state index contributed by atoms with van der Waals surface area (Å²) in [6.45, 7) is 1.17. The van der Waals surface area contributed by atoms with Crippen LogP contribution in [0, 0.1) is 5.92 Å². The fraction of sp³-hybridized carbons (Fsp3) is 0.533. The highest BCUT2D eigenvalue weighted by Crippen LogP contribution is 2.19. The normalized spacial score (nSPS) is 17.7. The molecule has 1 aliphatic rings. The van der Waals surface area contributed by atoms with Gasteiger partial charge in [-0.1, -0.05) is 0 Å². The summed E-state index contributed by atoms with van der Waals surface area (Å²) < 4.78 is 5.76. The van der Waals surface area contributed by atoms with E-state index in [1.807, 2.05) is 6.07 Å². The monoisotopic (exact) mass is 456 g/mol. The fourth-order valence-corrected chi connectivity index (χ4v) is 2.79. The van der Waals surface area contributed by atoms with Crippen molar-refractivity contribution in [2.75, 3.05) is 32.1 Å². The van der Waals surface area contributed by atoms with Crippen LogP contribution in [0.3, 0.4) is 0 Å². The van der Waals surface area contributed by atoms with Gasteiger partial charge in [0.15, 0.2) is 0 Å². The van der Waals surface area contributed by atoms with Crippen molar-refractivity contribution in [1.82, 2.24) is 9.88 Å². The van der Waals surface area contributed by atoms with E-state index in [2.05, 4.69) is 26.2 Å². The molecule has 0 spiro atoms. The lowest BCUT2D eigenvalue weighted by Crippen LogP contribution is -2.51. The molecule has 3 N–H and O–H groups in total. The van der Waals surface area contributed by atoms with Gasteiger partial charge in [0.25, 0.3) is 0 Å². The number of nitrogens with zero attached hydrogens (tertiary/aromatic N) is 2. The van der Waals surface area contributed by atoms with Crippen LogP contribution >= 0.6 is 40.7 Å². The zero-order chi connectivity index (χ0) is 16.8. The Balaban J connectivity index is 0.00000288. The van der Waals surface area contributed by atoms with Gasteiger partial charge in [0.2, 0.25) is 11.8 Å². The van der Waals surface area contributed by atoms with Crippen LogP contribution in [0.2, 0.25) is 0 Å². The highest BCUT2D eigenvalue weighted by atomic mass is 79.9. The Kier molecular flexibility index (Phi) is 11.2. The summed E-state index contributed by atoms with van der Waals surface area (Å²) in [6, 6.07) is 2.85. The third-order valence-corrected chi connectivity index (χ3v) is 4.22. The minimum atomic E-state index is -0.685. The van der Waals surface area contributed by atoms with Crippen molar-refractivity contribution >= 4 is 58.4 Å². The molecule has 25 heavy (non-hydrogen) atoms. The van der Waals surface area contributed by atoms with Gasteiger partial charge in [-0.2, -0.15) is 0 Å². The number of ether oxygens (including phenoxy) is 1. The number of nitrogens with one attached hydrogen (secondary N) is 1. The van der Waals surface area contributed by atoms with Gasteiger partial charge >= 0.3 is 0 Å². The van der Waals surface area contributed by atoms with E-state index < -0.39 is 6.04 Å². The molecule has 0 bridgehead atoms. The zero-order valence-corrected chi connectivity index (χ0v) is 17.0. The standard InChI is InChI=1S/C15H21BrN4O3.2ClH/c1-23-9-12(17)15(22)20-6-2-3-10(8-20)14(21)19-13-5-4-11(16)7-18-13;;/h4-5,7,10,12H,2-3,6,8-9,17H2,1H3,(H,18,19,21);2*1H.